The molecule has 0 spiro atoms. The van der Waals surface area contributed by atoms with Gasteiger partial charge >= 0.3 is 5.69 Å². The van der Waals surface area contributed by atoms with Crippen LogP contribution >= 0.6 is 0 Å². The van der Waals surface area contributed by atoms with Gasteiger partial charge in [-0.05, 0) is 60.4 Å². The van der Waals surface area contributed by atoms with E-state index < -0.39 is 17.0 Å². The minimum atomic E-state index is -0.644. The van der Waals surface area contributed by atoms with Gasteiger partial charge < -0.3 is 0 Å². The van der Waals surface area contributed by atoms with Gasteiger partial charge in [-0.25, -0.2) is 4.79 Å². The molecule has 1 N–H and O–H groups in total. The second-order valence-electron chi connectivity index (χ2n) is 6.81. The van der Waals surface area contributed by atoms with E-state index in [1.54, 1.807) is 49.7 Å². The van der Waals surface area contributed by atoms with Gasteiger partial charge in [-0.3, -0.25) is 24.1 Å². The lowest BCUT2D eigenvalue weighted by molar-refractivity contribution is 0.102. The Morgan fingerprint density at radius 2 is 1.97 bits per heavy atom. The molecule has 0 aliphatic heterocycles. The van der Waals surface area contributed by atoms with Crippen LogP contribution in [0.5, 0.6) is 0 Å². The van der Waals surface area contributed by atoms with Crippen molar-refractivity contribution in [1.29, 1.82) is 5.26 Å². The Morgan fingerprint density at radius 1 is 1.23 bits per heavy atom. The first-order valence-electron chi connectivity index (χ1n) is 9.42. The molecule has 0 unspecified atom stereocenters. The summed E-state index contributed by atoms with van der Waals surface area (Å²) in [6, 6.07) is 10.6. The Labute approximate surface area is 173 Å². The standard InChI is InChI=1S/C23H20N4O3/c1-3-19-20(21(28)18-12-15(2)11-17(13-18)5-4-8-24)27(23(30)26-22(19)29)14-16-6-9-25-10-7-16/h4-7,9-13H,3,14H2,1-2H3,(H,26,29,30). The minimum Gasteiger partial charge on any atom is -0.287 e. The molecule has 0 aliphatic rings. The Balaban J connectivity index is 2.22. The van der Waals surface area contributed by atoms with Gasteiger partial charge in [0.05, 0.1) is 12.6 Å². The third kappa shape index (κ3) is 4.33. The SMILES string of the molecule is CCc1c(C(=O)c2cc(C)cc(C=CC#N)c2)n(Cc2ccncc2)c(=O)[nH]c1=O. The maximum atomic E-state index is 13.5. The molecule has 0 amide bonds. The number of nitrogens with zero attached hydrogens (tertiary/aromatic N) is 3. The molecule has 0 aliphatic carbocycles. The Bertz CT molecular complexity index is 1280. The number of nitriles is 1. The van der Waals surface area contributed by atoms with E-state index in [1.165, 1.54) is 10.6 Å². The van der Waals surface area contributed by atoms with Crippen LogP contribution in [0.2, 0.25) is 0 Å². The number of aromatic nitrogens is 3. The number of carbonyl (C=O) groups is 1. The number of aryl methyl sites for hydroxylation is 1. The van der Waals surface area contributed by atoms with Crippen LogP contribution in [0.4, 0.5) is 0 Å². The van der Waals surface area contributed by atoms with E-state index >= 15 is 0 Å². The van der Waals surface area contributed by atoms with Crippen molar-refractivity contribution < 1.29 is 4.79 Å². The highest BCUT2D eigenvalue weighted by atomic mass is 16.2. The molecule has 7 nitrogen and oxygen atoms in total. The number of rotatable bonds is 6. The van der Waals surface area contributed by atoms with Crippen molar-refractivity contribution >= 4 is 11.9 Å². The molecule has 1 aromatic carbocycles. The zero-order valence-electron chi connectivity index (χ0n) is 16.7. The summed E-state index contributed by atoms with van der Waals surface area (Å²) in [7, 11) is 0. The molecule has 0 atom stereocenters. The molecule has 0 saturated heterocycles. The largest absolute Gasteiger partial charge is 0.329 e. The van der Waals surface area contributed by atoms with Crippen molar-refractivity contribution in [2.75, 3.05) is 0 Å². The Morgan fingerprint density at radius 3 is 2.63 bits per heavy atom. The van der Waals surface area contributed by atoms with E-state index in [-0.39, 0.29) is 17.8 Å². The number of carbonyl (C=O) groups excluding carboxylic acids is 1. The van der Waals surface area contributed by atoms with Gasteiger partial charge in [0.25, 0.3) is 5.56 Å². The summed E-state index contributed by atoms with van der Waals surface area (Å²) in [6.07, 6.45) is 6.42. The minimum absolute atomic E-state index is 0.0730. The number of allylic oxidation sites excluding steroid dienone is 1. The fourth-order valence-corrected chi connectivity index (χ4v) is 3.33. The van der Waals surface area contributed by atoms with Gasteiger partial charge in [-0.2, -0.15) is 5.26 Å². The normalized spacial score (nSPS) is 10.8. The van der Waals surface area contributed by atoms with Crippen molar-refractivity contribution in [3.8, 4) is 6.07 Å². The average molecular weight is 400 g/mol. The van der Waals surface area contributed by atoms with E-state index in [9.17, 15) is 14.4 Å². The number of H-pyrrole nitrogens is 1. The van der Waals surface area contributed by atoms with Gasteiger partial charge in [0.15, 0.2) is 0 Å². The quantitative estimate of drug-likeness (QED) is 0.505. The fourth-order valence-electron chi connectivity index (χ4n) is 3.33. The van der Waals surface area contributed by atoms with E-state index in [1.807, 2.05) is 19.1 Å². The zero-order valence-corrected chi connectivity index (χ0v) is 16.7. The smallest absolute Gasteiger partial charge is 0.287 e. The molecular weight excluding hydrogens is 380 g/mol. The number of hydrogen-bond acceptors (Lipinski definition) is 5. The van der Waals surface area contributed by atoms with Crippen LogP contribution in [0.1, 0.15) is 45.2 Å². The predicted octanol–water partition coefficient (Wildman–Crippen LogP) is 2.62. The first kappa shape index (κ1) is 20.7. The number of pyridine rings is 1. The third-order valence-electron chi connectivity index (χ3n) is 4.67. The second kappa shape index (κ2) is 8.97. The van der Waals surface area contributed by atoms with Gasteiger partial charge in [0.2, 0.25) is 5.78 Å². The zero-order chi connectivity index (χ0) is 21.7. The van der Waals surface area contributed by atoms with Crippen LogP contribution in [0.3, 0.4) is 0 Å². The highest BCUT2D eigenvalue weighted by molar-refractivity contribution is 6.09. The molecule has 7 heteroatoms. The third-order valence-corrected chi connectivity index (χ3v) is 4.67. The number of aromatic amines is 1. The van der Waals surface area contributed by atoms with Crippen LogP contribution < -0.4 is 11.2 Å². The summed E-state index contributed by atoms with van der Waals surface area (Å²) in [4.78, 5) is 44.8. The van der Waals surface area contributed by atoms with Gasteiger partial charge in [0, 0.05) is 29.6 Å². The number of hydrogen-bond donors (Lipinski definition) is 1. The Kier molecular flexibility index (Phi) is 6.18. The Hall–Kier alpha value is -4.05. The van der Waals surface area contributed by atoms with Crippen LogP contribution in [0, 0.1) is 18.3 Å². The first-order chi connectivity index (χ1) is 14.4. The van der Waals surface area contributed by atoms with Crippen LogP contribution in [0.15, 0.2) is 58.4 Å². The van der Waals surface area contributed by atoms with Crippen LogP contribution in [-0.4, -0.2) is 20.3 Å². The maximum Gasteiger partial charge on any atom is 0.329 e. The van der Waals surface area contributed by atoms with Crippen molar-refractivity contribution in [1.82, 2.24) is 14.5 Å². The highest BCUT2D eigenvalue weighted by Gasteiger charge is 2.22. The van der Waals surface area contributed by atoms with Crippen LogP contribution in [0.25, 0.3) is 6.08 Å². The first-order valence-corrected chi connectivity index (χ1v) is 9.42. The lowest BCUT2D eigenvalue weighted by Gasteiger charge is -2.15. The summed E-state index contributed by atoms with van der Waals surface area (Å²) in [6.45, 7) is 3.72. The second-order valence-corrected chi connectivity index (χ2v) is 6.81. The molecule has 2 heterocycles. The van der Waals surface area contributed by atoms with Gasteiger partial charge in [0.1, 0.15) is 5.69 Å². The maximum absolute atomic E-state index is 13.5. The number of ketones is 1. The lowest BCUT2D eigenvalue weighted by Crippen LogP contribution is -2.37. The molecule has 150 valence electrons. The summed E-state index contributed by atoms with van der Waals surface area (Å²) in [5, 5.41) is 8.77. The highest BCUT2D eigenvalue weighted by Crippen LogP contribution is 2.17. The molecule has 0 bridgehead atoms. The van der Waals surface area contributed by atoms with Crippen molar-refractivity contribution in [2.45, 2.75) is 26.8 Å². The molecule has 0 saturated carbocycles. The van der Waals surface area contributed by atoms with Crippen molar-refractivity contribution in [2.24, 2.45) is 0 Å². The molecule has 30 heavy (non-hydrogen) atoms. The van der Waals surface area contributed by atoms with Crippen LogP contribution in [-0.2, 0) is 13.0 Å². The van der Waals surface area contributed by atoms with E-state index in [4.69, 9.17) is 5.26 Å². The number of nitrogens with one attached hydrogen (secondary N) is 1. The molecule has 0 radical (unpaired) electrons. The van der Waals surface area contributed by atoms with E-state index in [0.29, 0.717) is 17.5 Å². The monoisotopic (exact) mass is 400 g/mol. The summed E-state index contributed by atoms with van der Waals surface area (Å²) in [5.41, 5.74) is 1.75. The van der Waals surface area contributed by atoms with E-state index in [2.05, 4.69) is 9.97 Å². The van der Waals surface area contributed by atoms with E-state index in [0.717, 1.165) is 11.1 Å². The molecule has 3 rings (SSSR count). The topological polar surface area (TPSA) is 109 Å². The van der Waals surface area contributed by atoms with Crippen molar-refractivity contribution in [3.05, 3.63) is 103 Å². The van der Waals surface area contributed by atoms with Crippen molar-refractivity contribution in [3.63, 3.8) is 0 Å². The van der Waals surface area contributed by atoms with Gasteiger partial charge in [-0.15, -0.1) is 0 Å². The number of benzene rings is 1. The molecule has 3 aromatic rings. The summed E-state index contributed by atoms with van der Waals surface area (Å²) >= 11 is 0. The predicted molar refractivity (Wildman–Crippen MR) is 113 cm³/mol. The fraction of sp³-hybridized carbons (Fsp3) is 0.174. The lowest BCUT2D eigenvalue weighted by atomic mass is 9.98. The molecule has 2 aromatic heterocycles. The average Bonchev–Trinajstić information content (AvgIpc) is 2.73. The summed E-state index contributed by atoms with van der Waals surface area (Å²) < 4.78 is 1.30. The molecular formula is C23H20N4O3. The van der Waals surface area contributed by atoms with Gasteiger partial charge in [-0.1, -0.05) is 13.0 Å². The molecule has 0 fully saturated rings. The summed E-state index contributed by atoms with van der Waals surface area (Å²) in [5.74, 6) is -0.417.